The third kappa shape index (κ3) is 4.33. The van der Waals surface area contributed by atoms with Gasteiger partial charge in [0, 0.05) is 6.07 Å². The van der Waals surface area contributed by atoms with Crippen molar-refractivity contribution in [1.82, 2.24) is 20.2 Å². The molecule has 0 aliphatic heterocycles. The van der Waals surface area contributed by atoms with Crippen molar-refractivity contribution in [3.8, 4) is 17.2 Å². The van der Waals surface area contributed by atoms with E-state index in [1.54, 1.807) is 30.0 Å². The Morgan fingerprint density at radius 2 is 1.86 bits per heavy atom. The Bertz CT molecular complexity index is 954. The number of thioether (sulfide) groups is 1. The van der Waals surface area contributed by atoms with Gasteiger partial charge >= 0.3 is 0 Å². The highest BCUT2D eigenvalue weighted by Gasteiger charge is 2.16. The van der Waals surface area contributed by atoms with Gasteiger partial charge in [-0.3, -0.25) is 4.79 Å². The van der Waals surface area contributed by atoms with E-state index in [4.69, 9.17) is 9.47 Å². The van der Waals surface area contributed by atoms with Gasteiger partial charge in [0.25, 0.3) is 0 Å². The molecule has 0 aliphatic rings. The largest absolute Gasteiger partial charge is 0.497 e. The first kappa shape index (κ1) is 19.9. The summed E-state index contributed by atoms with van der Waals surface area (Å²) in [6.07, 6.45) is 0. The summed E-state index contributed by atoms with van der Waals surface area (Å²) in [6.45, 7) is 4.29. The Balaban J connectivity index is 1.74. The summed E-state index contributed by atoms with van der Waals surface area (Å²) in [6, 6.07) is 13.2. The Morgan fingerprint density at radius 3 is 2.50 bits per heavy atom. The molecule has 146 valence electrons. The summed E-state index contributed by atoms with van der Waals surface area (Å²) in [5.41, 5.74) is 2.59. The Morgan fingerprint density at radius 1 is 1.11 bits per heavy atom. The Kier molecular flexibility index (Phi) is 6.30. The lowest BCUT2D eigenvalue weighted by Gasteiger charge is -2.10. The lowest BCUT2D eigenvalue weighted by atomic mass is 10.0. The van der Waals surface area contributed by atoms with Crippen LogP contribution in [-0.4, -0.2) is 46.0 Å². The van der Waals surface area contributed by atoms with Gasteiger partial charge < -0.3 is 9.47 Å². The summed E-state index contributed by atoms with van der Waals surface area (Å²) in [4.78, 5) is 12.7. The first-order chi connectivity index (χ1) is 13.5. The number of carbonyl (C=O) groups is 1. The Labute approximate surface area is 168 Å². The van der Waals surface area contributed by atoms with Gasteiger partial charge in [-0.2, -0.15) is 4.68 Å². The molecule has 1 heterocycles. The number of rotatable bonds is 8. The molecule has 0 amide bonds. The zero-order valence-electron chi connectivity index (χ0n) is 16.2. The van der Waals surface area contributed by atoms with Crippen LogP contribution in [0.4, 0.5) is 0 Å². The number of hydrogen-bond acceptors (Lipinski definition) is 7. The van der Waals surface area contributed by atoms with Crippen LogP contribution in [0.15, 0.2) is 47.6 Å². The minimum absolute atomic E-state index is 0.0748. The standard InChI is InChI=1S/C20H22N4O3S/c1-13(2)14-5-7-15(8-6-14)24-20(21-22-23-24)28-12-18(25)17-10-9-16(26-3)11-19(17)27-4/h5-11,13H,12H2,1-4H3. The molecule has 0 spiro atoms. The second kappa shape index (κ2) is 8.88. The van der Waals surface area contributed by atoms with Crippen molar-refractivity contribution in [2.24, 2.45) is 0 Å². The average molecular weight is 398 g/mol. The zero-order chi connectivity index (χ0) is 20.1. The highest BCUT2D eigenvalue weighted by Crippen LogP contribution is 2.27. The molecule has 0 saturated heterocycles. The van der Waals surface area contributed by atoms with E-state index in [1.165, 1.54) is 24.4 Å². The summed E-state index contributed by atoms with van der Waals surface area (Å²) in [5, 5.41) is 12.4. The lowest BCUT2D eigenvalue weighted by molar-refractivity contribution is 0.101. The number of methoxy groups -OCH3 is 2. The van der Waals surface area contributed by atoms with E-state index >= 15 is 0 Å². The van der Waals surface area contributed by atoms with Crippen LogP contribution in [0.25, 0.3) is 5.69 Å². The average Bonchev–Trinajstić information content (AvgIpc) is 3.20. The van der Waals surface area contributed by atoms with Gasteiger partial charge in [0.1, 0.15) is 11.5 Å². The molecule has 3 aromatic rings. The number of tetrazole rings is 1. The van der Waals surface area contributed by atoms with Crippen LogP contribution in [0.5, 0.6) is 11.5 Å². The van der Waals surface area contributed by atoms with E-state index in [0.717, 1.165) is 5.69 Å². The molecule has 0 atom stereocenters. The van der Waals surface area contributed by atoms with Crippen molar-refractivity contribution in [2.45, 2.75) is 24.9 Å². The third-order valence-corrected chi connectivity index (χ3v) is 5.21. The number of carbonyl (C=O) groups excluding carboxylic acids is 1. The van der Waals surface area contributed by atoms with Crippen molar-refractivity contribution in [1.29, 1.82) is 0 Å². The fraction of sp³-hybridized carbons (Fsp3) is 0.300. The van der Waals surface area contributed by atoms with E-state index in [0.29, 0.717) is 28.1 Å². The maximum Gasteiger partial charge on any atom is 0.214 e. The van der Waals surface area contributed by atoms with Crippen LogP contribution in [0.2, 0.25) is 0 Å². The van der Waals surface area contributed by atoms with Crippen LogP contribution in [-0.2, 0) is 0 Å². The van der Waals surface area contributed by atoms with Crippen LogP contribution < -0.4 is 9.47 Å². The number of Topliss-reactive ketones (excluding diaryl/α,β-unsaturated/α-hetero) is 1. The van der Waals surface area contributed by atoms with Crippen LogP contribution in [0.3, 0.4) is 0 Å². The van der Waals surface area contributed by atoms with Gasteiger partial charge in [-0.25, -0.2) is 0 Å². The number of nitrogens with zero attached hydrogens (tertiary/aromatic N) is 4. The lowest BCUT2D eigenvalue weighted by Crippen LogP contribution is -2.07. The van der Waals surface area contributed by atoms with Crippen LogP contribution in [0, 0.1) is 0 Å². The van der Waals surface area contributed by atoms with Crippen LogP contribution in [0.1, 0.15) is 35.7 Å². The summed E-state index contributed by atoms with van der Waals surface area (Å²) in [5.74, 6) is 1.68. The molecule has 2 aromatic carbocycles. The van der Waals surface area contributed by atoms with Gasteiger partial charge in [-0.1, -0.05) is 37.7 Å². The Hall–Kier alpha value is -2.87. The molecule has 0 bridgehead atoms. The summed E-state index contributed by atoms with van der Waals surface area (Å²) in [7, 11) is 3.10. The quantitative estimate of drug-likeness (QED) is 0.422. The molecular weight excluding hydrogens is 376 g/mol. The normalized spacial score (nSPS) is 10.9. The van der Waals surface area contributed by atoms with Gasteiger partial charge in [-0.15, -0.1) is 5.10 Å². The van der Waals surface area contributed by atoms with Crippen molar-refractivity contribution >= 4 is 17.5 Å². The maximum absolute atomic E-state index is 12.7. The summed E-state index contributed by atoms with van der Waals surface area (Å²) < 4.78 is 12.1. The van der Waals surface area contributed by atoms with Crippen molar-refractivity contribution in [2.75, 3.05) is 20.0 Å². The monoisotopic (exact) mass is 398 g/mol. The molecule has 3 rings (SSSR count). The van der Waals surface area contributed by atoms with Crippen molar-refractivity contribution in [3.63, 3.8) is 0 Å². The molecule has 0 N–H and O–H groups in total. The molecule has 7 nitrogen and oxygen atoms in total. The SMILES string of the molecule is COc1ccc(C(=O)CSc2nnnn2-c2ccc(C(C)C)cc2)c(OC)c1. The maximum atomic E-state index is 12.7. The van der Waals surface area contributed by atoms with Gasteiger partial charge in [0.2, 0.25) is 5.16 Å². The van der Waals surface area contributed by atoms with Gasteiger partial charge in [-0.05, 0) is 46.2 Å². The highest BCUT2D eigenvalue weighted by atomic mass is 32.2. The number of aromatic nitrogens is 4. The number of ketones is 1. The molecule has 0 radical (unpaired) electrons. The molecule has 1 aromatic heterocycles. The first-order valence-electron chi connectivity index (χ1n) is 8.80. The topological polar surface area (TPSA) is 79.1 Å². The fourth-order valence-corrected chi connectivity index (χ4v) is 3.44. The molecule has 0 saturated carbocycles. The molecule has 8 heteroatoms. The van der Waals surface area contributed by atoms with Crippen LogP contribution >= 0.6 is 11.8 Å². The molecule has 0 unspecified atom stereocenters. The second-order valence-corrected chi connectivity index (χ2v) is 7.34. The molecule has 28 heavy (non-hydrogen) atoms. The van der Waals surface area contributed by atoms with E-state index in [2.05, 4.69) is 41.5 Å². The van der Waals surface area contributed by atoms with E-state index in [9.17, 15) is 4.79 Å². The minimum atomic E-state index is -0.0748. The first-order valence-corrected chi connectivity index (χ1v) is 9.78. The molecular formula is C20H22N4O3S. The van der Waals surface area contributed by atoms with Gasteiger partial charge in [0.05, 0.1) is 31.2 Å². The smallest absolute Gasteiger partial charge is 0.214 e. The highest BCUT2D eigenvalue weighted by molar-refractivity contribution is 7.99. The number of ether oxygens (including phenoxy) is 2. The predicted octanol–water partition coefficient (Wildman–Crippen LogP) is 3.78. The molecule has 0 aliphatic carbocycles. The van der Waals surface area contributed by atoms with Crippen molar-refractivity contribution < 1.29 is 14.3 Å². The van der Waals surface area contributed by atoms with E-state index in [-0.39, 0.29) is 11.5 Å². The third-order valence-electron chi connectivity index (χ3n) is 4.29. The van der Waals surface area contributed by atoms with Crippen molar-refractivity contribution in [3.05, 3.63) is 53.6 Å². The second-order valence-electron chi connectivity index (χ2n) is 6.40. The predicted molar refractivity (Wildman–Crippen MR) is 108 cm³/mol. The van der Waals surface area contributed by atoms with Gasteiger partial charge in [0.15, 0.2) is 5.78 Å². The van der Waals surface area contributed by atoms with E-state index < -0.39 is 0 Å². The fourth-order valence-electron chi connectivity index (χ4n) is 2.67. The minimum Gasteiger partial charge on any atom is -0.497 e. The van der Waals surface area contributed by atoms with E-state index in [1.807, 2.05) is 12.1 Å². The summed E-state index contributed by atoms with van der Waals surface area (Å²) >= 11 is 1.28. The molecule has 0 fully saturated rings. The number of benzene rings is 2. The number of hydrogen-bond donors (Lipinski definition) is 0. The zero-order valence-corrected chi connectivity index (χ0v) is 17.1.